The Morgan fingerprint density at radius 1 is 0.569 bits per heavy atom. The van der Waals surface area contributed by atoms with Crippen molar-refractivity contribution in [2.24, 2.45) is 11.8 Å². The molecule has 1 spiro atoms. The van der Waals surface area contributed by atoms with E-state index in [2.05, 4.69) is 213 Å². The fourth-order valence-electron chi connectivity index (χ4n) is 13.4. The number of hydrogen-bond acceptors (Lipinski definition) is 2. The lowest BCUT2D eigenvalue weighted by Gasteiger charge is -2.41. The van der Waals surface area contributed by atoms with E-state index in [1.165, 1.54) is 108 Å². The van der Waals surface area contributed by atoms with E-state index in [9.17, 15) is 0 Å². The molecule has 6 aromatic carbocycles. The van der Waals surface area contributed by atoms with Gasteiger partial charge in [-0.25, -0.2) is 0 Å². The molecule has 0 bridgehead atoms. The van der Waals surface area contributed by atoms with Crippen LogP contribution >= 0.6 is 0 Å². The summed E-state index contributed by atoms with van der Waals surface area (Å²) in [4.78, 5) is 5.13. The normalized spacial score (nSPS) is 21.5. The topological polar surface area (TPSA) is 6.48 Å². The molecule has 1 fully saturated rings. The molecule has 2 unspecified atom stereocenters. The van der Waals surface area contributed by atoms with Gasteiger partial charge < -0.3 is 9.80 Å². The van der Waals surface area contributed by atoms with Crippen LogP contribution in [-0.2, 0) is 16.2 Å². The second-order valence-corrected chi connectivity index (χ2v) is 20.5. The molecule has 0 amide bonds. The fourth-order valence-corrected chi connectivity index (χ4v) is 13.4. The van der Waals surface area contributed by atoms with Gasteiger partial charge in [0.25, 0.3) is 0 Å². The van der Waals surface area contributed by atoms with Gasteiger partial charge >= 0.3 is 0 Å². The highest BCUT2D eigenvalue weighted by Gasteiger charge is 2.52. The second kappa shape index (κ2) is 14.1. The predicted molar refractivity (Wildman–Crippen MR) is 270 cm³/mol. The molecule has 0 saturated heterocycles. The number of hydrogen-bond donors (Lipinski definition) is 0. The smallest absolute Gasteiger partial charge is 0.0551 e. The highest BCUT2D eigenvalue weighted by atomic mass is 15.2. The zero-order valence-corrected chi connectivity index (χ0v) is 38.0. The van der Waals surface area contributed by atoms with Gasteiger partial charge in [0.15, 0.2) is 0 Å². The van der Waals surface area contributed by atoms with Crippen LogP contribution in [0, 0.1) is 24.0 Å². The predicted octanol–water partition coefficient (Wildman–Crippen LogP) is 16.1. The summed E-state index contributed by atoms with van der Waals surface area (Å²) in [5, 5.41) is 0. The first-order valence-corrected chi connectivity index (χ1v) is 24.0. The Balaban J connectivity index is 1.03. The van der Waals surface area contributed by atoms with Crippen LogP contribution in [0.25, 0.3) is 22.3 Å². The van der Waals surface area contributed by atoms with Crippen LogP contribution in [0.3, 0.4) is 0 Å². The quantitative estimate of drug-likeness (QED) is 0.165. The van der Waals surface area contributed by atoms with Crippen LogP contribution in [-0.4, -0.2) is 0 Å². The van der Waals surface area contributed by atoms with Crippen molar-refractivity contribution in [3.05, 3.63) is 232 Å². The van der Waals surface area contributed by atoms with E-state index in [0.717, 1.165) is 31.4 Å². The molecular weight excluding hydrogens is 785 g/mol. The van der Waals surface area contributed by atoms with Gasteiger partial charge in [0, 0.05) is 68.2 Å². The van der Waals surface area contributed by atoms with Crippen LogP contribution in [0.1, 0.15) is 99.6 Å². The summed E-state index contributed by atoms with van der Waals surface area (Å²) in [5.41, 5.74) is 24.3. The summed E-state index contributed by atoms with van der Waals surface area (Å²) in [6, 6.07) is 55.0. The van der Waals surface area contributed by atoms with E-state index in [0.29, 0.717) is 0 Å². The highest BCUT2D eigenvalue weighted by molar-refractivity contribution is 5.98. The molecule has 0 radical (unpaired) electrons. The standard InChI is InChI=1S/C63H54N2/c1-61(2)53-27-15-13-25-48(53)50-32-29-44(38-55(50)61)64(42-20-7-5-8-21-42)45-31-34-52-57(40-45)63(35-17-18-36-63)58-37-41-19-11-12-24-47(41)60(59(52)58)65(43-22-9-6-10-23-43)46-30-33-51-49-26-14-16-28-54(49)62(3,4)56(51)39-46/h6-7,9-13,15-16,19-25,27-34,37-41,47H,14,17-18,26,35-36H2,1-4H3. The van der Waals surface area contributed by atoms with Crippen molar-refractivity contribution in [2.75, 3.05) is 9.80 Å². The Morgan fingerprint density at radius 3 is 2.03 bits per heavy atom. The molecule has 7 aliphatic carbocycles. The molecule has 1 saturated carbocycles. The first-order valence-electron chi connectivity index (χ1n) is 24.0. The van der Waals surface area contributed by atoms with E-state index in [4.69, 9.17) is 0 Å². The first-order chi connectivity index (χ1) is 31.7. The van der Waals surface area contributed by atoms with Crippen molar-refractivity contribution in [3.63, 3.8) is 0 Å². The summed E-state index contributed by atoms with van der Waals surface area (Å²) in [6.07, 6.45) is 24.0. The van der Waals surface area contributed by atoms with Gasteiger partial charge in [-0.05, 0) is 148 Å². The monoisotopic (exact) mass is 838 g/mol. The minimum atomic E-state index is -0.104. The third-order valence-electron chi connectivity index (χ3n) is 16.5. The zero-order chi connectivity index (χ0) is 43.7. The Morgan fingerprint density at radius 2 is 1.25 bits per heavy atom. The molecule has 6 aromatic rings. The Kier molecular flexibility index (Phi) is 8.37. The van der Waals surface area contributed by atoms with Crippen LogP contribution in [0.2, 0.25) is 0 Å². The molecule has 0 aliphatic heterocycles. The fraction of sp³-hybridized carbons (Fsp3) is 0.238. The van der Waals surface area contributed by atoms with Gasteiger partial charge in [0.2, 0.25) is 0 Å². The first kappa shape index (κ1) is 38.6. The van der Waals surface area contributed by atoms with Crippen LogP contribution in [0.5, 0.6) is 0 Å². The number of anilines is 5. The molecule has 2 nitrogen and oxygen atoms in total. The van der Waals surface area contributed by atoms with Crippen LogP contribution < -0.4 is 9.80 Å². The lowest BCUT2D eigenvalue weighted by molar-refractivity contribution is 0.528. The lowest BCUT2D eigenvalue weighted by atomic mass is 9.70. The lowest BCUT2D eigenvalue weighted by Crippen LogP contribution is -2.32. The van der Waals surface area contributed by atoms with Crippen molar-refractivity contribution in [1.29, 1.82) is 0 Å². The minimum absolute atomic E-state index is 0.0609. The van der Waals surface area contributed by atoms with Gasteiger partial charge in [-0.15, -0.1) is 0 Å². The van der Waals surface area contributed by atoms with Gasteiger partial charge in [-0.3, -0.25) is 0 Å². The molecule has 0 aromatic heterocycles. The van der Waals surface area contributed by atoms with Crippen molar-refractivity contribution in [1.82, 2.24) is 0 Å². The molecular formula is C63H54N2. The number of allylic oxidation sites excluding steroid dienone is 11. The van der Waals surface area contributed by atoms with E-state index < -0.39 is 0 Å². The molecule has 7 aliphatic rings. The summed E-state index contributed by atoms with van der Waals surface area (Å²) in [6.45, 7) is 9.62. The molecule has 2 atom stereocenters. The van der Waals surface area contributed by atoms with Crippen molar-refractivity contribution < 1.29 is 0 Å². The van der Waals surface area contributed by atoms with E-state index in [-0.39, 0.29) is 28.1 Å². The SMILES string of the molecule is CC1(C)C2=C(CCC=C2)c2ccc(N(C3=C4C(=CC5C=CC=CC35)C3(CCCC3)c3cc(N(c5cc#ccc5)c5ccc6c(c5)C(C)(C)c5ccccc5-6)ccc34)c3ccccc3)cc21. The number of rotatable bonds is 6. The summed E-state index contributed by atoms with van der Waals surface area (Å²) in [7, 11) is 0. The van der Waals surface area contributed by atoms with Crippen LogP contribution in [0.4, 0.5) is 28.4 Å². The van der Waals surface area contributed by atoms with Crippen molar-refractivity contribution in [2.45, 2.75) is 82.5 Å². The van der Waals surface area contributed by atoms with Crippen molar-refractivity contribution in [3.8, 4) is 11.1 Å². The van der Waals surface area contributed by atoms with Gasteiger partial charge in [0.1, 0.15) is 0 Å². The third kappa shape index (κ3) is 5.48. The van der Waals surface area contributed by atoms with Gasteiger partial charge in [0.05, 0.1) is 5.69 Å². The molecule has 0 N–H and O–H groups in total. The minimum Gasteiger partial charge on any atom is -0.313 e. The number of fused-ring (bicyclic) bond motifs is 11. The number of nitrogens with zero attached hydrogens (tertiary/aromatic N) is 2. The summed E-state index contributed by atoms with van der Waals surface area (Å²) in [5.74, 6) is 0.452. The van der Waals surface area contributed by atoms with Gasteiger partial charge in [-0.1, -0.05) is 156 Å². The van der Waals surface area contributed by atoms with Crippen molar-refractivity contribution >= 4 is 39.6 Å². The number of para-hydroxylation sites is 1. The Bertz CT molecular complexity index is 3160. The maximum atomic E-state index is 3.31. The maximum absolute atomic E-state index is 3.31. The molecule has 0 heterocycles. The zero-order valence-electron chi connectivity index (χ0n) is 38.0. The molecule has 316 valence electrons. The van der Waals surface area contributed by atoms with Gasteiger partial charge in [-0.2, -0.15) is 0 Å². The summed E-state index contributed by atoms with van der Waals surface area (Å²) >= 11 is 0. The second-order valence-electron chi connectivity index (χ2n) is 20.5. The van der Waals surface area contributed by atoms with E-state index in [1.807, 2.05) is 6.07 Å². The van der Waals surface area contributed by atoms with E-state index >= 15 is 0 Å². The molecule has 13 rings (SSSR count). The maximum Gasteiger partial charge on any atom is 0.0551 e. The number of benzene rings is 5. The summed E-state index contributed by atoms with van der Waals surface area (Å²) < 4.78 is 0. The Labute approximate surface area is 385 Å². The molecule has 65 heavy (non-hydrogen) atoms. The largest absolute Gasteiger partial charge is 0.313 e. The third-order valence-corrected chi connectivity index (χ3v) is 16.5. The van der Waals surface area contributed by atoms with Crippen LogP contribution in [0.15, 0.2) is 187 Å². The molecule has 2 heteroatoms. The Hall–Kier alpha value is -6.82. The average Bonchev–Trinajstić information content (AvgIpc) is 4.06. The average molecular weight is 839 g/mol. The van der Waals surface area contributed by atoms with E-state index in [1.54, 1.807) is 0 Å². The highest BCUT2D eigenvalue weighted by Crippen LogP contribution is 2.64.